The summed E-state index contributed by atoms with van der Waals surface area (Å²) in [6, 6.07) is 8.07. The number of hydrogen-bond donors (Lipinski definition) is 2. The lowest BCUT2D eigenvalue weighted by Crippen LogP contribution is -2.33. The maximum Gasteiger partial charge on any atom is 0.322 e. The van der Waals surface area contributed by atoms with Crippen LogP contribution in [0.15, 0.2) is 36.7 Å². The maximum absolute atomic E-state index is 12.4. The Morgan fingerprint density at radius 1 is 1.43 bits per heavy atom. The SMILES string of the molecule is CN(C(=O)Nc1cnn(CC(N)=O)c1)C1CCc2ccccc21. The number of rotatable bonds is 4. The van der Waals surface area contributed by atoms with Crippen LogP contribution in [0.3, 0.4) is 0 Å². The van der Waals surface area contributed by atoms with Crippen molar-refractivity contribution in [2.24, 2.45) is 5.73 Å². The molecule has 0 fully saturated rings. The largest absolute Gasteiger partial charge is 0.368 e. The highest BCUT2D eigenvalue weighted by Crippen LogP contribution is 2.34. The fourth-order valence-corrected chi connectivity index (χ4v) is 2.96. The highest BCUT2D eigenvalue weighted by atomic mass is 16.2. The zero-order valence-electron chi connectivity index (χ0n) is 12.9. The Hall–Kier alpha value is -2.83. The van der Waals surface area contributed by atoms with Crippen molar-refractivity contribution in [1.82, 2.24) is 14.7 Å². The van der Waals surface area contributed by atoms with E-state index in [1.807, 2.05) is 12.1 Å². The summed E-state index contributed by atoms with van der Waals surface area (Å²) >= 11 is 0. The summed E-state index contributed by atoms with van der Waals surface area (Å²) in [6.45, 7) is -0.0122. The molecular formula is C16H19N5O2. The van der Waals surface area contributed by atoms with Gasteiger partial charge in [-0.1, -0.05) is 24.3 Å². The molecular weight excluding hydrogens is 294 g/mol. The smallest absolute Gasteiger partial charge is 0.322 e. The molecule has 1 aliphatic rings. The highest BCUT2D eigenvalue weighted by molar-refractivity contribution is 5.89. The van der Waals surface area contributed by atoms with Crippen molar-refractivity contribution in [3.05, 3.63) is 47.8 Å². The van der Waals surface area contributed by atoms with Crippen LogP contribution >= 0.6 is 0 Å². The summed E-state index contributed by atoms with van der Waals surface area (Å²) in [5, 5.41) is 6.78. The number of carbonyl (C=O) groups is 2. The van der Waals surface area contributed by atoms with Gasteiger partial charge in [-0.3, -0.25) is 9.48 Å². The molecule has 0 saturated heterocycles. The molecule has 1 aromatic heterocycles. The van der Waals surface area contributed by atoms with E-state index in [-0.39, 0.29) is 18.6 Å². The average Bonchev–Trinajstić information content (AvgIpc) is 3.12. The lowest BCUT2D eigenvalue weighted by molar-refractivity contribution is -0.118. The first-order valence-electron chi connectivity index (χ1n) is 7.47. The van der Waals surface area contributed by atoms with Gasteiger partial charge in [0.2, 0.25) is 5.91 Å². The lowest BCUT2D eigenvalue weighted by Gasteiger charge is -2.25. The van der Waals surface area contributed by atoms with Gasteiger partial charge in [0.15, 0.2) is 0 Å². The zero-order chi connectivity index (χ0) is 16.4. The summed E-state index contributed by atoms with van der Waals surface area (Å²) in [7, 11) is 1.79. The molecule has 1 unspecified atom stereocenters. The first-order valence-corrected chi connectivity index (χ1v) is 7.47. The van der Waals surface area contributed by atoms with Gasteiger partial charge in [0.05, 0.1) is 17.9 Å². The van der Waals surface area contributed by atoms with Gasteiger partial charge < -0.3 is 16.0 Å². The number of nitrogens with two attached hydrogens (primary N) is 1. The van der Waals surface area contributed by atoms with Crippen molar-refractivity contribution in [3.63, 3.8) is 0 Å². The Bertz CT molecular complexity index is 740. The molecule has 1 aromatic carbocycles. The minimum Gasteiger partial charge on any atom is -0.368 e. The van der Waals surface area contributed by atoms with E-state index in [2.05, 4.69) is 22.5 Å². The molecule has 7 nitrogen and oxygen atoms in total. The van der Waals surface area contributed by atoms with Crippen LogP contribution in [0.1, 0.15) is 23.6 Å². The summed E-state index contributed by atoms with van der Waals surface area (Å²) in [5.74, 6) is -0.481. The van der Waals surface area contributed by atoms with Crippen LogP contribution in [0.4, 0.5) is 10.5 Å². The minimum absolute atomic E-state index is 0.0122. The molecule has 2 aromatic rings. The number of primary amides is 1. The van der Waals surface area contributed by atoms with Crippen molar-refractivity contribution < 1.29 is 9.59 Å². The second-order valence-electron chi connectivity index (χ2n) is 5.69. The third-order valence-corrected chi connectivity index (χ3v) is 4.09. The number of nitrogens with one attached hydrogen (secondary N) is 1. The number of benzene rings is 1. The molecule has 3 amide bonds. The van der Waals surface area contributed by atoms with Crippen LogP contribution in [0, 0.1) is 0 Å². The van der Waals surface area contributed by atoms with E-state index in [1.54, 1.807) is 18.1 Å². The molecule has 0 spiro atoms. The van der Waals surface area contributed by atoms with E-state index in [0.717, 1.165) is 12.8 Å². The van der Waals surface area contributed by atoms with Crippen LogP contribution in [0.5, 0.6) is 0 Å². The van der Waals surface area contributed by atoms with Crippen LogP contribution in [-0.4, -0.2) is 33.7 Å². The number of amides is 3. The van der Waals surface area contributed by atoms with Crippen LogP contribution in [-0.2, 0) is 17.8 Å². The van der Waals surface area contributed by atoms with Crippen molar-refractivity contribution >= 4 is 17.6 Å². The predicted octanol–water partition coefficient (Wildman–Crippen LogP) is 1.52. The minimum atomic E-state index is -0.481. The number of carbonyl (C=O) groups excluding carboxylic acids is 2. The van der Waals surface area contributed by atoms with E-state index in [9.17, 15) is 9.59 Å². The number of nitrogens with zero attached hydrogens (tertiary/aromatic N) is 3. The number of hydrogen-bond acceptors (Lipinski definition) is 3. The fraction of sp³-hybridized carbons (Fsp3) is 0.312. The Balaban J connectivity index is 1.67. The predicted molar refractivity (Wildman–Crippen MR) is 85.7 cm³/mol. The van der Waals surface area contributed by atoms with Crippen LogP contribution < -0.4 is 11.1 Å². The number of urea groups is 1. The molecule has 3 rings (SSSR count). The van der Waals surface area contributed by atoms with Gasteiger partial charge in [0.1, 0.15) is 6.54 Å². The molecule has 0 aliphatic heterocycles. The monoisotopic (exact) mass is 313 g/mol. The third kappa shape index (κ3) is 3.18. The molecule has 1 heterocycles. The van der Waals surface area contributed by atoms with Gasteiger partial charge in [-0.25, -0.2) is 4.79 Å². The summed E-state index contributed by atoms with van der Waals surface area (Å²) in [5.41, 5.74) is 8.15. The van der Waals surface area contributed by atoms with Gasteiger partial charge in [0.25, 0.3) is 0 Å². The fourth-order valence-electron chi connectivity index (χ4n) is 2.96. The van der Waals surface area contributed by atoms with Gasteiger partial charge in [-0.2, -0.15) is 5.10 Å². The molecule has 0 radical (unpaired) electrons. The summed E-state index contributed by atoms with van der Waals surface area (Å²) in [4.78, 5) is 25.0. The van der Waals surface area contributed by atoms with Crippen molar-refractivity contribution in [3.8, 4) is 0 Å². The first-order chi connectivity index (χ1) is 11.0. The number of fused-ring (bicyclic) bond motifs is 1. The molecule has 1 aliphatic carbocycles. The van der Waals surface area contributed by atoms with Crippen LogP contribution in [0.2, 0.25) is 0 Å². The molecule has 3 N–H and O–H groups in total. The highest BCUT2D eigenvalue weighted by Gasteiger charge is 2.28. The van der Waals surface area contributed by atoms with Gasteiger partial charge in [-0.15, -0.1) is 0 Å². The molecule has 0 bridgehead atoms. The quantitative estimate of drug-likeness (QED) is 0.896. The van der Waals surface area contributed by atoms with Gasteiger partial charge in [0, 0.05) is 13.2 Å². The van der Waals surface area contributed by atoms with E-state index in [4.69, 9.17) is 5.73 Å². The number of aryl methyl sites for hydroxylation is 1. The van der Waals surface area contributed by atoms with Gasteiger partial charge in [-0.05, 0) is 24.0 Å². The Kier molecular flexibility index (Phi) is 4.01. The second kappa shape index (κ2) is 6.12. The second-order valence-corrected chi connectivity index (χ2v) is 5.69. The van der Waals surface area contributed by atoms with E-state index in [0.29, 0.717) is 5.69 Å². The summed E-state index contributed by atoms with van der Waals surface area (Å²) in [6.07, 6.45) is 4.98. The van der Waals surface area contributed by atoms with E-state index in [1.165, 1.54) is 22.0 Å². The molecule has 1 atom stereocenters. The molecule has 120 valence electrons. The molecule has 7 heteroatoms. The number of aromatic nitrogens is 2. The van der Waals surface area contributed by atoms with E-state index < -0.39 is 5.91 Å². The van der Waals surface area contributed by atoms with E-state index >= 15 is 0 Å². The average molecular weight is 313 g/mol. The maximum atomic E-state index is 12.4. The molecule has 23 heavy (non-hydrogen) atoms. The Morgan fingerprint density at radius 2 is 2.22 bits per heavy atom. The topological polar surface area (TPSA) is 93.2 Å². The normalized spacial score (nSPS) is 16.0. The standard InChI is InChI=1S/C16H19N5O2/c1-20(14-7-6-11-4-2-3-5-13(11)14)16(23)19-12-8-18-21(9-12)10-15(17)22/h2-5,8-9,14H,6-7,10H2,1H3,(H2,17,22)(H,19,23). The van der Waals surface area contributed by atoms with Crippen molar-refractivity contribution in [1.29, 1.82) is 0 Å². The Morgan fingerprint density at radius 3 is 3.00 bits per heavy atom. The summed E-state index contributed by atoms with van der Waals surface area (Å²) < 4.78 is 1.39. The van der Waals surface area contributed by atoms with Crippen molar-refractivity contribution in [2.75, 3.05) is 12.4 Å². The first kappa shape index (κ1) is 15.1. The molecule has 0 saturated carbocycles. The van der Waals surface area contributed by atoms with Crippen LogP contribution in [0.25, 0.3) is 0 Å². The Labute approximate surface area is 134 Å². The zero-order valence-corrected chi connectivity index (χ0v) is 12.9. The van der Waals surface area contributed by atoms with Gasteiger partial charge >= 0.3 is 6.03 Å². The third-order valence-electron chi connectivity index (χ3n) is 4.09. The lowest BCUT2D eigenvalue weighted by atomic mass is 10.1. The van der Waals surface area contributed by atoms with Crippen molar-refractivity contribution in [2.45, 2.75) is 25.4 Å². The number of anilines is 1.